The van der Waals surface area contributed by atoms with Crippen LogP contribution in [-0.2, 0) is 4.74 Å². The van der Waals surface area contributed by atoms with Gasteiger partial charge in [0.25, 0.3) is 0 Å². The Labute approximate surface area is 118 Å². The van der Waals surface area contributed by atoms with Crippen molar-refractivity contribution in [1.82, 2.24) is 5.32 Å². The van der Waals surface area contributed by atoms with Gasteiger partial charge in [-0.3, -0.25) is 0 Å². The SMILES string of the molecule is CC(NC1C2CCCOC2C1(C)C)C1CCCCC1. The van der Waals surface area contributed by atoms with E-state index in [9.17, 15) is 0 Å². The van der Waals surface area contributed by atoms with Gasteiger partial charge in [0.15, 0.2) is 0 Å². The second-order valence-corrected chi connectivity index (χ2v) is 7.75. The van der Waals surface area contributed by atoms with Gasteiger partial charge in [-0.25, -0.2) is 0 Å². The Morgan fingerprint density at radius 1 is 1.05 bits per heavy atom. The lowest BCUT2D eigenvalue weighted by Crippen LogP contribution is -2.70. The van der Waals surface area contributed by atoms with E-state index in [-0.39, 0.29) is 0 Å². The summed E-state index contributed by atoms with van der Waals surface area (Å²) in [6.45, 7) is 8.19. The summed E-state index contributed by atoms with van der Waals surface area (Å²) in [4.78, 5) is 0. The number of nitrogens with one attached hydrogen (secondary N) is 1. The van der Waals surface area contributed by atoms with Gasteiger partial charge in [0, 0.05) is 30.0 Å². The first-order valence-corrected chi connectivity index (χ1v) is 8.48. The van der Waals surface area contributed by atoms with Gasteiger partial charge in [-0.15, -0.1) is 0 Å². The summed E-state index contributed by atoms with van der Waals surface area (Å²) in [6, 6.07) is 1.36. The van der Waals surface area contributed by atoms with Gasteiger partial charge >= 0.3 is 0 Å². The molecule has 3 rings (SSSR count). The molecule has 1 N–H and O–H groups in total. The topological polar surface area (TPSA) is 21.3 Å². The summed E-state index contributed by atoms with van der Waals surface area (Å²) in [5.74, 6) is 1.68. The molecule has 0 aromatic heterocycles. The monoisotopic (exact) mass is 265 g/mol. The Balaban J connectivity index is 1.59. The average Bonchev–Trinajstić information content (AvgIpc) is 2.45. The lowest BCUT2D eigenvalue weighted by molar-refractivity contribution is -0.195. The van der Waals surface area contributed by atoms with Gasteiger partial charge in [-0.05, 0) is 38.5 Å². The molecular formula is C17H31NO. The molecule has 1 aliphatic heterocycles. The zero-order chi connectivity index (χ0) is 13.5. The highest BCUT2D eigenvalue weighted by Crippen LogP contribution is 2.51. The molecule has 2 aliphatic carbocycles. The van der Waals surface area contributed by atoms with Crippen molar-refractivity contribution < 1.29 is 4.74 Å². The molecule has 0 aromatic rings. The van der Waals surface area contributed by atoms with Crippen molar-refractivity contribution in [1.29, 1.82) is 0 Å². The van der Waals surface area contributed by atoms with Crippen molar-refractivity contribution in [3.63, 3.8) is 0 Å². The molecule has 0 spiro atoms. The van der Waals surface area contributed by atoms with E-state index >= 15 is 0 Å². The van der Waals surface area contributed by atoms with Gasteiger partial charge < -0.3 is 10.1 Å². The molecule has 3 aliphatic rings. The zero-order valence-electron chi connectivity index (χ0n) is 13.0. The van der Waals surface area contributed by atoms with E-state index < -0.39 is 0 Å². The summed E-state index contributed by atoms with van der Waals surface area (Å²) < 4.78 is 6.01. The first-order chi connectivity index (χ1) is 9.10. The quantitative estimate of drug-likeness (QED) is 0.839. The third kappa shape index (κ3) is 2.47. The minimum atomic E-state index is 0.327. The van der Waals surface area contributed by atoms with Crippen LogP contribution >= 0.6 is 0 Å². The van der Waals surface area contributed by atoms with E-state index in [1.807, 2.05) is 0 Å². The second-order valence-electron chi connectivity index (χ2n) is 7.75. The maximum Gasteiger partial charge on any atom is 0.0684 e. The van der Waals surface area contributed by atoms with Gasteiger partial charge in [-0.2, -0.15) is 0 Å². The molecule has 2 saturated carbocycles. The Bertz CT molecular complexity index is 308. The van der Waals surface area contributed by atoms with Crippen LogP contribution in [0.1, 0.15) is 65.7 Å². The second kappa shape index (κ2) is 5.37. The van der Waals surface area contributed by atoms with E-state index in [1.165, 1.54) is 44.9 Å². The van der Waals surface area contributed by atoms with Crippen molar-refractivity contribution in [3.05, 3.63) is 0 Å². The summed E-state index contributed by atoms with van der Waals surface area (Å²) in [6.07, 6.45) is 10.3. The fourth-order valence-corrected chi connectivity index (χ4v) is 4.91. The van der Waals surface area contributed by atoms with E-state index in [0.29, 0.717) is 23.6 Å². The largest absolute Gasteiger partial charge is 0.377 e. The molecule has 1 heterocycles. The molecule has 1 saturated heterocycles. The zero-order valence-corrected chi connectivity index (χ0v) is 13.0. The number of ether oxygens (including phenoxy) is 1. The van der Waals surface area contributed by atoms with E-state index in [4.69, 9.17) is 4.74 Å². The third-order valence-corrected chi connectivity index (χ3v) is 6.13. The highest BCUT2D eigenvalue weighted by atomic mass is 16.5. The van der Waals surface area contributed by atoms with E-state index in [2.05, 4.69) is 26.1 Å². The van der Waals surface area contributed by atoms with Gasteiger partial charge in [0.2, 0.25) is 0 Å². The van der Waals surface area contributed by atoms with E-state index in [0.717, 1.165) is 18.4 Å². The standard InChI is InChI=1S/C17H31NO/c1-12(13-8-5-4-6-9-13)18-15-14-10-7-11-19-16(14)17(15,2)3/h12-16,18H,4-11H2,1-3H3. The molecule has 2 heteroatoms. The summed E-state index contributed by atoms with van der Waals surface area (Å²) in [5.41, 5.74) is 0.327. The minimum Gasteiger partial charge on any atom is -0.377 e. The van der Waals surface area contributed by atoms with Crippen LogP contribution in [-0.4, -0.2) is 24.8 Å². The molecule has 0 radical (unpaired) electrons. The molecule has 19 heavy (non-hydrogen) atoms. The average molecular weight is 265 g/mol. The van der Waals surface area contributed by atoms with Crippen LogP contribution in [0.4, 0.5) is 0 Å². The fraction of sp³-hybridized carbons (Fsp3) is 1.00. The highest BCUT2D eigenvalue weighted by Gasteiger charge is 2.58. The first-order valence-electron chi connectivity index (χ1n) is 8.48. The summed E-state index contributed by atoms with van der Waals surface area (Å²) in [5, 5.41) is 4.00. The predicted octanol–water partition coefficient (Wildman–Crippen LogP) is 3.75. The van der Waals surface area contributed by atoms with Crippen LogP contribution in [0.2, 0.25) is 0 Å². The smallest absolute Gasteiger partial charge is 0.0684 e. The van der Waals surface area contributed by atoms with Gasteiger partial charge in [0.05, 0.1) is 6.10 Å². The number of hydrogen-bond donors (Lipinski definition) is 1. The molecular weight excluding hydrogens is 234 g/mol. The van der Waals surface area contributed by atoms with Crippen LogP contribution in [0.3, 0.4) is 0 Å². The summed E-state index contributed by atoms with van der Waals surface area (Å²) in [7, 11) is 0. The number of hydrogen-bond acceptors (Lipinski definition) is 2. The van der Waals surface area contributed by atoms with Crippen LogP contribution in [0.5, 0.6) is 0 Å². The Morgan fingerprint density at radius 2 is 1.79 bits per heavy atom. The maximum atomic E-state index is 6.01. The van der Waals surface area contributed by atoms with Crippen LogP contribution in [0, 0.1) is 17.3 Å². The normalized spacial score (nSPS) is 40.3. The third-order valence-electron chi connectivity index (χ3n) is 6.13. The van der Waals surface area contributed by atoms with Crippen molar-refractivity contribution >= 4 is 0 Å². The molecule has 0 bridgehead atoms. The lowest BCUT2D eigenvalue weighted by atomic mass is 9.55. The lowest BCUT2D eigenvalue weighted by Gasteiger charge is -2.61. The highest BCUT2D eigenvalue weighted by molar-refractivity contribution is 5.10. The Hall–Kier alpha value is -0.0800. The van der Waals surface area contributed by atoms with Crippen LogP contribution in [0.25, 0.3) is 0 Å². The molecule has 4 unspecified atom stereocenters. The van der Waals surface area contributed by atoms with Crippen molar-refractivity contribution in [2.24, 2.45) is 17.3 Å². The molecule has 0 aromatic carbocycles. The molecule has 0 amide bonds. The van der Waals surface area contributed by atoms with Gasteiger partial charge in [0.1, 0.15) is 0 Å². The number of fused-ring (bicyclic) bond motifs is 1. The molecule has 3 fully saturated rings. The van der Waals surface area contributed by atoms with Crippen molar-refractivity contribution in [3.8, 4) is 0 Å². The van der Waals surface area contributed by atoms with Gasteiger partial charge in [-0.1, -0.05) is 33.1 Å². The minimum absolute atomic E-state index is 0.327. The Kier molecular flexibility index (Phi) is 3.92. The molecule has 2 nitrogen and oxygen atoms in total. The number of rotatable bonds is 3. The molecule has 110 valence electrons. The van der Waals surface area contributed by atoms with Crippen molar-refractivity contribution in [2.45, 2.75) is 83.9 Å². The predicted molar refractivity (Wildman–Crippen MR) is 79.2 cm³/mol. The molecule has 4 atom stereocenters. The summed E-state index contributed by atoms with van der Waals surface area (Å²) >= 11 is 0. The van der Waals surface area contributed by atoms with E-state index in [1.54, 1.807) is 0 Å². The van der Waals surface area contributed by atoms with Crippen molar-refractivity contribution in [2.75, 3.05) is 6.61 Å². The Morgan fingerprint density at radius 3 is 2.53 bits per heavy atom. The maximum absolute atomic E-state index is 6.01. The van der Waals surface area contributed by atoms with Crippen LogP contribution < -0.4 is 5.32 Å². The first kappa shape index (κ1) is 13.9. The van der Waals surface area contributed by atoms with Crippen LogP contribution in [0.15, 0.2) is 0 Å². The fourth-order valence-electron chi connectivity index (χ4n) is 4.91.